The summed E-state index contributed by atoms with van der Waals surface area (Å²) in [4.78, 5) is 0. The zero-order valence-corrected chi connectivity index (χ0v) is 17.6. The van der Waals surface area contributed by atoms with Crippen LogP contribution in [0.15, 0.2) is 78.9 Å². The first kappa shape index (κ1) is 20.9. The molecular formula is C25H27N3O3. The summed E-state index contributed by atoms with van der Waals surface area (Å²) in [5.41, 5.74) is 2.16. The van der Waals surface area contributed by atoms with Gasteiger partial charge in [0.15, 0.2) is 0 Å². The number of phenolic OH excluding ortho intramolecular Hbond substituents is 1. The highest BCUT2D eigenvalue weighted by molar-refractivity contribution is 5.77. The van der Waals surface area contributed by atoms with Gasteiger partial charge in [-0.05, 0) is 42.7 Å². The van der Waals surface area contributed by atoms with Crippen molar-refractivity contribution in [2.24, 2.45) is 0 Å². The Morgan fingerprint density at radius 1 is 1.13 bits per heavy atom. The Hall–Kier alpha value is -3.35. The fraction of sp³-hybridized carbons (Fsp3) is 0.240. The number of aliphatic hydroxyl groups excluding tert-OH is 2. The summed E-state index contributed by atoms with van der Waals surface area (Å²) in [5, 5.41) is 41.2. The van der Waals surface area contributed by atoms with Crippen molar-refractivity contribution < 1.29 is 15.3 Å². The maximum atomic E-state index is 10.8. The molecule has 3 unspecified atom stereocenters. The van der Waals surface area contributed by atoms with Gasteiger partial charge < -0.3 is 20.6 Å². The second-order valence-corrected chi connectivity index (χ2v) is 8.38. The van der Waals surface area contributed by atoms with Crippen molar-refractivity contribution in [1.29, 1.82) is 0 Å². The molecule has 0 aliphatic heterocycles. The molecule has 2 aromatic carbocycles. The van der Waals surface area contributed by atoms with Crippen LogP contribution >= 0.6 is 0 Å². The highest BCUT2D eigenvalue weighted by Gasteiger charge is 2.36. The summed E-state index contributed by atoms with van der Waals surface area (Å²) in [7, 11) is 0. The van der Waals surface area contributed by atoms with Gasteiger partial charge in [-0.25, -0.2) is 0 Å². The molecule has 0 bridgehead atoms. The third-order valence-electron chi connectivity index (χ3n) is 6.02. The molecule has 1 aromatic heterocycles. The van der Waals surface area contributed by atoms with Gasteiger partial charge in [0.25, 0.3) is 0 Å². The molecule has 0 fully saturated rings. The maximum absolute atomic E-state index is 10.8. The molecule has 0 spiro atoms. The number of nitrogens with one attached hydrogen (secondary N) is 2. The van der Waals surface area contributed by atoms with Crippen LogP contribution in [0.25, 0.3) is 5.57 Å². The van der Waals surface area contributed by atoms with Gasteiger partial charge in [0.2, 0.25) is 0 Å². The SMILES string of the molecule is CC(CO)(Nc1cc(C2(C)C=C(c3ccc(O)cc3)C=CC2O)[nH]n1)c1ccccc1. The lowest BCUT2D eigenvalue weighted by atomic mass is 9.75. The lowest BCUT2D eigenvalue weighted by molar-refractivity contribution is 0.157. The van der Waals surface area contributed by atoms with Gasteiger partial charge in [0.1, 0.15) is 11.6 Å². The van der Waals surface area contributed by atoms with Crippen LogP contribution < -0.4 is 5.32 Å². The van der Waals surface area contributed by atoms with E-state index in [0.29, 0.717) is 5.82 Å². The first-order valence-corrected chi connectivity index (χ1v) is 10.2. The number of anilines is 1. The van der Waals surface area contributed by atoms with Crippen molar-refractivity contribution in [2.75, 3.05) is 11.9 Å². The maximum Gasteiger partial charge on any atom is 0.148 e. The standard InChI is InChI=1S/C25H27N3O3/c1-24(15-18(10-13-22(24)31)17-8-11-20(30)12-9-17)21-14-23(28-27-21)26-25(2,16-29)19-6-4-3-5-7-19/h3-15,22,29-31H,16H2,1-2H3,(H2,26,27,28). The van der Waals surface area contributed by atoms with Gasteiger partial charge in [0.05, 0.1) is 29.4 Å². The lowest BCUT2D eigenvalue weighted by Crippen LogP contribution is -2.36. The molecular weight excluding hydrogens is 390 g/mol. The van der Waals surface area contributed by atoms with Crippen molar-refractivity contribution in [1.82, 2.24) is 10.2 Å². The van der Waals surface area contributed by atoms with E-state index in [1.807, 2.05) is 74.5 Å². The van der Waals surface area contributed by atoms with E-state index in [-0.39, 0.29) is 12.4 Å². The van der Waals surface area contributed by atoms with Gasteiger partial charge >= 0.3 is 0 Å². The summed E-state index contributed by atoms with van der Waals surface area (Å²) in [6.45, 7) is 3.76. The second-order valence-electron chi connectivity index (χ2n) is 8.38. The van der Waals surface area contributed by atoms with Gasteiger partial charge in [-0.15, -0.1) is 0 Å². The predicted molar refractivity (Wildman–Crippen MR) is 122 cm³/mol. The summed E-state index contributed by atoms with van der Waals surface area (Å²) in [6, 6.07) is 18.6. The minimum Gasteiger partial charge on any atom is -0.508 e. The molecule has 5 N–H and O–H groups in total. The Labute approximate surface area is 181 Å². The first-order chi connectivity index (χ1) is 14.8. The fourth-order valence-electron chi connectivity index (χ4n) is 3.88. The Kier molecular flexibility index (Phi) is 5.43. The fourth-order valence-corrected chi connectivity index (χ4v) is 3.88. The van der Waals surface area contributed by atoms with Crippen LogP contribution in [0.1, 0.15) is 30.7 Å². The topological polar surface area (TPSA) is 101 Å². The zero-order chi connectivity index (χ0) is 22.1. The monoisotopic (exact) mass is 417 g/mol. The molecule has 0 saturated heterocycles. The van der Waals surface area contributed by atoms with Crippen LogP contribution in [-0.4, -0.2) is 38.2 Å². The molecule has 0 amide bonds. The van der Waals surface area contributed by atoms with Crippen molar-refractivity contribution in [3.63, 3.8) is 0 Å². The van der Waals surface area contributed by atoms with Crippen LogP contribution in [0, 0.1) is 0 Å². The van der Waals surface area contributed by atoms with Crippen molar-refractivity contribution >= 4 is 11.4 Å². The van der Waals surface area contributed by atoms with Gasteiger partial charge in [-0.2, -0.15) is 5.10 Å². The van der Waals surface area contributed by atoms with E-state index >= 15 is 0 Å². The Bertz CT molecular complexity index is 1100. The number of aromatic nitrogens is 2. The van der Waals surface area contributed by atoms with E-state index in [0.717, 1.165) is 22.4 Å². The number of phenols is 1. The second kappa shape index (κ2) is 8.06. The van der Waals surface area contributed by atoms with E-state index in [9.17, 15) is 15.3 Å². The Balaban J connectivity index is 1.64. The Morgan fingerprint density at radius 3 is 2.52 bits per heavy atom. The van der Waals surface area contributed by atoms with Crippen LogP contribution in [0.5, 0.6) is 5.75 Å². The van der Waals surface area contributed by atoms with E-state index in [2.05, 4.69) is 15.5 Å². The molecule has 1 aliphatic carbocycles. The minimum absolute atomic E-state index is 0.104. The number of hydrogen-bond acceptors (Lipinski definition) is 5. The van der Waals surface area contributed by atoms with Gasteiger partial charge in [0, 0.05) is 6.07 Å². The molecule has 1 heterocycles. The van der Waals surface area contributed by atoms with Crippen LogP contribution in [0.4, 0.5) is 5.82 Å². The zero-order valence-electron chi connectivity index (χ0n) is 17.6. The highest BCUT2D eigenvalue weighted by atomic mass is 16.3. The summed E-state index contributed by atoms with van der Waals surface area (Å²) >= 11 is 0. The van der Waals surface area contributed by atoms with Crippen molar-refractivity contribution in [3.05, 3.63) is 95.7 Å². The molecule has 0 radical (unpaired) electrons. The predicted octanol–water partition coefficient (Wildman–Crippen LogP) is 3.71. The summed E-state index contributed by atoms with van der Waals surface area (Å²) in [6.07, 6.45) is 4.91. The molecule has 6 heteroatoms. The molecule has 3 aromatic rings. The molecule has 1 aliphatic rings. The number of H-pyrrole nitrogens is 1. The number of aromatic amines is 1. The minimum atomic E-state index is -0.736. The molecule has 160 valence electrons. The first-order valence-electron chi connectivity index (χ1n) is 10.2. The van der Waals surface area contributed by atoms with Crippen LogP contribution in [-0.2, 0) is 11.0 Å². The average Bonchev–Trinajstić information content (AvgIpc) is 3.26. The lowest BCUT2D eigenvalue weighted by Gasteiger charge is -2.32. The van der Waals surface area contributed by atoms with E-state index in [4.69, 9.17) is 0 Å². The molecule has 4 rings (SSSR count). The average molecular weight is 418 g/mol. The van der Waals surface area contributed by atoms with Crippen LogP contribution in [0.3, 0.4) is 0 Å². The van der Waals surface area contributed by atoms with E-state index < -0.39 is 17.1 Å². The summed E-state index contributed by atoms with van der Waals surface area (Å²) in [5.74, 6) is 0.791. The van der Waals surface area contributed by atoms with Crippen molar-refractivity contribution in [2.45, 2.75) is 30.9 Å². The normalized spacial score (nSPS) is 22.6. The number of rotatable bonds is 6. The van der Waals surface area contributed by atoms with Gasteiger partial charge in [-0.1, -0.05) is 60.7 Å². The van der Waals surface area contributed by atoms with E-state index in [1.54, 1.807) is 18.2 Å². The highest BCUT2D eigenvalue weighted by Crippen LogP contribution is 2.38. The smallest absolute Gasteiger partial charge is 0.148 e. The quantitative estimate of drug-likeness (QED) is 0.421. The third-order valence-corrected chi connectivity index (χ3v) is 6.02. The van der Waals surface area contributed by atoms with Crippen molar-refractivity contribution in [3.8, 4) is 5.75 Å². The molecule has 6 nitrogen and oxygen atoms in total. The van der Waals surface area contributed by atoms with E-state index in [1.165, 1.54) is 0 Å². The third kappa shape index (κ3) is 4.00. The Morgan fingerprint density at radius 2 is 1.84 bits per heavy atom. The number of aromatic hydroxyl groups is 1. The number of aliphatic hydroxyl groups is 2. The molecule has 0 saturated carbocycles. The van der Waals surface area contributed by atoms with Crippen LogP contribution in [0.2, 0.25) is 0 Å². The number of allylic oxidation sites excluding steroid dienone is 2. The number of benzene rings is 2. The van der Waals surface area contributed by atoms with Gasteiger partial charge in [-0.3, -0.25) is 5.10 Å². The molecule has 3 atom stereocenters. The number of nitrogens with zero attached hydrogens (tertiary/aromatic N) is 1. The largest absolute Gasteiger partial charge is 0.508 e. The number of hydrogen-bond donors (Lipinski definition) is 5. The molecule has 31 heavy (non-hydrogen) atoms. The summed E-state index contributed by atoms with van der Waals surface area (Å²) < 4.78 is 0.